The molecule has 0 aromatic rings. The van der Waals surface area contributed by atoms with Crippen molar-refractivity contribution in [3.8, 4) is 0 Å². The summed E-state index contributed by atoms with van der Waals surface area (Å²) in [6.07, 6.45) is 0. The second-order valence-corrected chi connectivity index (χ2v) is 2.90. The maximum absolute atomic E-state index is 9.70. The summed E-state index contributed by atoms with van der Waals surface area (Å²) in [4.78, 5) is 31.3. The zero-order chi connectivity index (χ0) is 13.9. The van der Waals surface area contributed by atoms with Gasteiger partial charge >= 0.3 is 13.9 Å². The number of hydrogen-bond donors (Lipinski definition) is 10. The highest BCUT2D eigenvalue weighted by molar-refractivity contribution is 7.45. The van der Waals surface area contributed by atoms with E-state index in [1.165, 1.54) is 0 Å². The molecule has 16 heavy (non-hydrogen) atoms. The molecular formula is C3H14N7O5P. The maximum atomic E-state index is 9.70. The van der Waals surface area contributed by atoms with Crippen molar-refractivity contribution in [3.63, 3.8) is 0 Å². The van der Waals surface area contributed by atoms with Gasteiger partial charge in [-0.1, -0.05) is 0 Å². The summed E-state index contributed by atoms with van der Waals surface area (Å²) >= 11 is 0. The lowest BCUT2D eigenvalue weighted by molar-refractivity contribution is 0.253. The zero-order valence-corrected chi connectivity index (χ0v) is 8.81. The van der Waals surface area contributed by atoms with E-state index in [-0.39, 0.29) is 5.96 Å². The van der Waals surface area contributed by atoms with Crippen molar-refractivity contribution in [3.05, 3.63) is 0 Å². The van der Waals surface area contributed by atoms with Gasteiger partial charge in [-0.25, -0.2) is 9.36 Å². The van der Waals surface area contributed by atoms with Crippen LogP contribution >= 0.6 is 7.82 Å². The molecule has 0 aromatic heterocycles. The number of nitrogens with one attached hydrogen (secondary N) is 3. The average molecular weight is 259 g/mol. The fourth-order valence-electron chi connectivity index (χ4n) is 0.133. The fraction of sp³-hybridized carbons (Fsp3) is 0. The Morgan fingerprint density at radius 1 is 1.06 bits per heavy atom. The van der Waals surface area contributed by atoms with Crippen LogP contribution in [0.5, 0.6) is 0 Å². The van der Waals surface area contributed by atoms with E-state index in [4.69, 9.17) is 30.1 Å². The van der Waals surface area contributed by atoms with Crippen LogP contribution in [-0.4, -0.2) is 32.6 Å². The van der Waals surface area contributed by atoms with Crippen LogP contribution in [0.3, 0.4) is 0 Å². The highest BCUT2D eigenvalue weighted by Gasteiger charge is 2.00. The molecule has 0 aliphatic carbocycles. The van der Waals surface area contributed by atoms with Crippen LogP contribution in [0, 0.1) is 10.8 Å². The van der Waals surface area contributed by atoms with Gasteiger partial charge in [0.2, 0.25) is 0 Å². The molecule has 2 amide bonds. The number of carbonyl (C=O) groups excluding carboxylic acids is 1. The van der Waals surface area contributed by atoms with Crippen LogP contribution in [0.25, 0.3) is 0 Å². The molecule has 13 heteroatoms. The number of guanidine groups is 2. The predicted molar refractivity (Wildman–Crippen MR) is 55.0 cm³/mol. The summed E-state index contributed by atoms with van der Waals surface area (Å²) in [5, 5.41) is 14.3. The SMILES string of the molecule is N=C(N)N.N=C(N)NC(N)=O.O=P(O)(O)O. The molecule has 12 nitrogen and oxygen atoms in total. The third-order valence-electron chi connectivity index (χ3n) is 0.258. The Bertz CT molecular complexity index is 261. The van der Waals surface area contributed by atoms with Crippen molar-refractivity contribution in [1.82, 2.24) is 5.32 Å². The number of phosphoric acid groups is 1. The Morgan fingerprint density at radius 2 is 1.25 bits per heavy atom. The molecule has 96 valence electrons. The topological polar surface area (TPSA) is 259 Å². The number of nitrogens with two attached hydrogens (primary N) is 4. The molecule has 0 saturated carbocycles. The largest absolute Gasteiger partial charge is 0.466 e. The van der Waals surface area contributed by atoms with E-state index in [1.54, 1.807) is 5.32 Å². The predicted octanol–water partition coefficient (Wildman–Crippen LogP) is -3.54. The Hall–Kier alpha value is -1.88. The van der Waals surface area contributed by atoms with Crippen molar-refractivity contribution in [2.45, 2.75) is 0 Å². The number of urea groups is 1. The van der Waals surface area contributed by atoms with E-state index in [9.17, 15) is 4.79 Å². The van der Waals surface area contributed by atoms with Crippen molar-refractivity contribution in [2.75, 3.05) is 0 Å². The summed E-state index contributed by atoms with van der Waals surface area (Å²) in [5.41, 5.74) is 18.1. The van der Waals surface area contributed by atoms with E-state index >= 15 is 0 Å². The van der Waals surface area contributed by atoms with Gasteiger partial charge in [0.15, 0.2) is 11.9 Å². The molecular weight excluding hydrogens is 245 g/mol. The number of primary amides is 1. The third-order valence-corrected chi connectivity index (χ3v) is 0.258. The van der Waals surface area contributed by atoms with Gasteiger partial charge in [-0.05, 0) is 0 Å². The monoisotopic (exact) mass is 259 g/mol. The van der Waals surface area contributed by atoms with Gasteiger partial charge in [0, 0.05) is 0 Å². The standard InChI is InChI=1S/C2H6N4O.CH5N3.H3O4P/c3-1(4)6-2(5)7;2-1(3)4;1-5(2,3)4/h(H6,3,4,5,6,7);(H5,2,3,4);(H3,1,2,3,4). The van der Waals surface area contributed by atoms with Crippen LogP contribution in [0.15, 0.2) is 0 Å². The first-order chi connectivity index (χ1) is 6.86. The van der Waals surface area contributed by atoms with Gasteiger partial charge < -0.3 is 37.6 Å². The van der Waals surface area contributed by atoms with Gasteiger partial charge in [0.1, 0.15) is 0 Å². The van der Waals surface area contributed by atoms with Crippen molar-refractivity contribution in [1.29, 1.82) is 10.8 Å². The molecule has 0 spiro atoms. The van der Waals surface area contributed by atoms with Crippen LogP contribution in [0.1, 0.15) is 0 Å². The normalized spacial score (nSPS) is 8.44. The molecule has 0 aromatic carbocycles. The molecule has 0 atom stereocenters. The summed E-state index contributed by atoms with van der Waals surface area (Å²) in [6.45, 7) is 0. The van der Waals surface area contributed by atoms with E-state index in [0.29, 0.717) is 0 Å². The van der Waals surface area contributed by atoms with E-state index < -0.39 is 19.8 Å². The summed E-state index contributed by atoms with van der Waals surface area (Å²) in [7, 11) is -4.64. The average Bonchev–Trinajstić information content (AvgIpc) is 1.74. The van der Waals surface area contributed by atoms with Crippen LogP contribution < -0.4 is 28.3 Å². The summed E-state index contributed by atoms with van der Waals surface area (Å²) in [5.74, 6) is -0.771. The Balaban J connectivity index is -0.000000166. The quantitative estimate of drug-likeness (QED) is 0.118. The first-order valence-electron chi connectivity index (χ1n) is 3.14. The molecule has 0 bridgehead atoms. The van der Waals surface area contributed by atoms with Crippen LogP contribution in [0.4, 0.5) is 4.79 Å². The van der Waals surface area contributed by atoms with E-state index in [2.05, 4.69) is 22.9 Å². The lowest BCUT2D eigenvalue weighted by Gasteiger charge is -1.91. The van der Waals surface area contributed by atoms with Crippen LogP contribution in [-0.2, 0) is 4.57 Å². The van der Waals surface area contributed by atoms with Crippen molar-refractivity contribution < 1.29 is 24.0 Å². The summed E-state index contributed by atoms with van der Waals surface area (Å²) < 4.78 is 8.88. The molecule has 0 heterocycles. The minimum atomic E-state index is -4.64. The van der Waals surface area contributed by atoms with Crippen LogP contribution in [0.2, 0.25) is 0 Å². The minimum absolute atomic E-state index is 0.333. The van der Waals surface area contributed by atoms with Gasteiger partial charge in [0.25, 0.3) is 0 Å². The van der Waals surface area contributed by atoms with Gasteiger partial charge in [0.05, 0.1) is 0 Å². The smallest absolute Gasteiger partial charge is 0.370 e. The maximum Gasteiger partial charge on any atom is 0.466 e. The molecule has 14 N–H and O–H groups in total. The zero-order valence-electron chi connectivity index (χ0n) is 7.91. The third kappa shape index (κ3) is 333. The van der Waals surface area contributed by atoms with E-state index in [0.717, 1.165) is 0 Å². The van der Waals surface area contributed by atoms with Gasteiger partial charge in [-0.2, -0.15) is 0 Å². The molecule has 0 unspecified atom stereocenters. The lowest BCUT2D eigenvalue weighted by atomic mass is 10.9. The second-order valence-electron chi connectivity index (χ2n) is 1.87. The number of amides is 2. The molecule has 0 aliphatic heterocycles. The Labute approximate surface area is 89.9 Å². The van der Waals surface area contributed by atoms with E-state index in [1.807, 2.05) is 0 Å². The van der Waals surface area contributed by atoms with Crippen molar-refractivity contribution in [2.24, 2.45) is 22.9 Å². The first-order valence-corrected chi connectivity index (χ1v) is 4.71. The highest BCUT2D eigenvalue weighted by atomic mass is 31.2. The lowest BCUT2D eigenvalue weighted by Crippen LogP contribution is -2.39. The number of carbonyl (C=O) groups is 1. The van der Waals surface area contributed by atoms with Crippen molar-refractivity contribution >= 4 is 25.8 Å². The minimum Gasteiger partial charge on any atom is -0.370 e. The molecule has 0 rings (SSSR count). The second kappa shape index (κ2) is 9.67. The van der Waals surface area contributed by atoms with Gasteiger partial charge in [-0.3, -0.25) is 16.1 Å². The summed E-state index contributed by atoms with van der Waals surface area (Å²) in [6, 6.07) is -0.812. The van der Waals surface area contributed by atoms with Gasteiger partial charge in [-0.15, -0.1) is 0 Å². The molecule has 0 fully saturated rings. The fourth-order valence-corrected chi connectivity index (χ4v) is 0.133. The Kier molecular flexibility index (Phi) is 11.9. The molecule has 0 radical (unpaired) electrons. The number of hydrogen-bond acceptors (Lipinski definition) is 4. The molecule has 0 saturated heterocycles. The Morgan fingerprint density at radius 3 is 1.25 bits per heavy atom. The first kappa shape index (κ1) is 19.7. The molecule has 0 aliphatic rings. The number of rotatable bonds is 0. The highest BCUT2D eigenvalue weighted by Crippen LogP contribution is 2.25.